The van der Waals surface area contributed by atoms with E-state index in [9.17, 15) is 0 Å². The van der Waals surface area contributed by atoms with Crippen molar-refractivity contribution in [1.29, 1.82) is 0 Å². The zero-order chi connectivity index (χ0) is 12.4. The number of nitrogen functional groups attached to an aromatic ring is 1. The summed E-state index contributed by atoms with van der Waals surface area (Å²) in [6.07, 6.45) is 0. The molecular formula is C10H14N6O. The zero-order valence-corrected chi connectivity index (χ0v) is 10.0. The van der Waals surface area contributed by atoms with Gasteiger partial charge in [-0.1, -0.05) is 0 Å². The molecule has 0 aliphatic carbocycles. The highest BCUT2D eigenvalue weighted by Crippen LogP contribution is 2.10. The molecule has 0 aliphatic heterocycles. The molecule has 0 amide bonds. The summed E-state index contributed by atoms with van der Waals surface area (Å²) in [4.78, 5) is 12.6. The van der Waals surface area contributed by atoms with Crippen LogP contribution >= 0.6 is 0 Å². The van der Waals surface area contributed by atoms with Gasteiger partial charge in [-0.25, -0.2) is 15.0 Å². The van der Waals surface area contributed by atoms with Gasteiger partial charge < -0.3 is 10.5 Å². The molecule has 2 N–H and O–H groups in total. The maximum absolute atomic E-state index is 5.72. The van der Waals surface area contributed by atoms with Gasteiger partial charge in [0.1, 0.15) is 24.1 Å². The van der Waals surface area contributed by atoms with E-state index >= 15 is 0 Å². The van der Waals surface area contributed by atoms with E-state index in [1.165, 1.54) is 0 Å². The van der Waals surface area contributed by atoms with Gasteiger partial charge in [0.2, 0.25) is 0 Å². The Morgan fingerprint density at radius 3 is 2.65 bits per heavy atom. The molecule has 2 rings (SSSR count). The third kappa shape index (κ3) is 2.39. The molecule has 2 heterocycles. The lowest BCUT2D eigenvalue weighted by molar-refractivity contribution is 0.178. The Morgan fingerprint density at radius 1 is 1.29 bits per heavy atom. The zero-order valence-electron chi connectivity index (χ0n) is 10.0. The minimum Gasteiger partial charge on any atom is -0.384 e. The first-order valence-corrected chi connectivity index (χ1v) is 5.13. The van der Waals surface area contributed by atoms with Gasteiger partial charge in [-0.3, -0.25) is 0 Å². The van der Waals surface area contributed by atoms with Crippen molar-refractivity contribution in [2.24, 2.45) is 0 Å². The third-order valence-electron chi connectivity index (χ3n) is 2.14. The van der Waals surface area contributed by atoms with Crippen LogP contribution in [0.4, 0.5) is 5.82 Å². The van der Waals surface area contributed by atoms with Crippen LogP contribution in [-0.2, 0) is 11.3 Å². The summed E-state index contributed by atoms with van der Waals surface area (Å²) in [6, 6.07) is 1.65. The number of nitrogens with zero attached hydrogens (tertiary/aromatic N) is 5. The summed E-state index contributed by atoms with van der Waals surface area (Å²) in [5, 5.41) is 4.24. The van der Waals surface area contributed by atoms with Crippen LogP contribution in [0.15, 0.2) is 6.07 Å². The molecule has 0 radical (unpaired) electrons. The summed E-state index contributed by atoms with van der Waals surface area (Å²) < 4.78 is 6.61. The number of nitrogens with two attached hydrogens (primary N) is 1. The topological polar surface area (TPSA) is 91.7 Å². The fraction of sp³-hybridized carbons (Fsp3) is 0.400. The molecule has 0 atom stereocenters. The number of aromatic nitrogens is 5. The molecule has 0 fully saturated rings. The number of aryl methyl sites for hydroxylation is 2. The van der Waals surface area contributed by atoms with Crippen LogP contribution in [0.5, 0.6) is 0 Å². The lowest BCUT2D eigenvalue weighted by Crippen LogP contribution is -2.08. The number of anilines is 1. The summed E-state index contributed by atoms with van der Waals surface area (Å²) in [7, 11) is 1.58. The van der Waals surface area contributed by atoms with Crippen LogP contribution in [-0.4, -0.2) is 31.8 Å². The minimum atomic E-state index is 0.310. The van der Waals surface area contributed by atoms with Crippen LogP contribution in [0.2, 0.25) is 0 Å². The van der Waals surface area contributed by atoms with Crippen molar-refractivity contribution >= 4 is 5.82 Å². The summed E-state index contributed by atoms with van der Waals surface area (Å²) in [5.74, 6) is 2.95. The van der Waals surface area contributed by atoms with Gasteiger partial charge in [0, 0.05) is 13.2 Å². The molecule has 7 heteroatoms. The summed E-state index contributed by atoms with van der Waals surface area (Å²) in [5.41, 5.74) is 5.72. The predicted octanol–water partition coefficient (Wildman–Crippen LogP) is 0.403. The molecule has 0 bridgehead atoms. The predicted molar refractivity (Wildman–Crippen MR) is 61.5 cm³/mol. The van der Waals surface area contributed by atoms with Crippen molar-refractivity contribution in [3.05, 3.63) is 23.5 Å². The Morgan fingerprint density at radius 2 is 2.06 bits per heavy atom. The quantitative estimate of drug-likeness (QED) is 0.826. The van der Waals surface area contributed by atoms with Crippen LogP contribution in [0, 0.1) is 13.8 Å². The Labute approximate surface area is 98.7 Å². The maximum Gasteiger partial charge on any atom is 0.161 e. The van der Waals surface area contributed by atoms with Crippen molar-refractivity contribution in [2.75, 3.05) is 12.8 Å². The van der Waals surface area contributed by atoms with Crippen LogP contribution in [0.25, 0.3) is 5.82 Å². The van der Waals surface area contributed by atoms with E-state index in [0.29, 0.717) is 29.9 Å². The number of ether oxygens (including phenoxy) is 1. The highest BCUT2D eigenvalue weighted by molar-refractivity contribution is 5.37. The van der Waals surface area contributed by atoms with Gasteiger partial charge >= 0.3 is 0 Å². The normalized spacial score (nSPS) is 10.8. The molecule has 0 spiro atoms. The SMILES string of the molecule is COCc1nc(N)cc(-n2nc(C)nc2C)n1. The lowest BCUT2D eigenvalue weighted by Gasteiger charge is -2.05. The van der Waals surface area contributed by atoms with Crippen molar-refractivity contribution in [2.45, 2.75) is 20.5 Å². The van der Waals surface area contributed by atoms with E-state index in [-0.39, 0.29) is 0 Å². The Kier molecular flexibility index (Phi) is 3.01. The fourth-order valence-corrected chi connectivity index (χ4v) is 1.54. The summed E-state index contributed by atoms with van der Waals surface area (Å²) >= 11 is 0. The van der Waals surface area contributed by atoms with E-state index in [2.05, 4.69) is 20.1 Å². The van der Waals surface area contributed by atoms with E-state index in [0.717, 1.165) is 5.82 Å². The second kappa shape index (κ2) is 4.46. The smallest absolute Gasteiger partial charge is 0.161 e. The molecule has 0 aliphatic rings. The standard InChI is InChI=1S/C10H14N6O/c1-6-12-7(2)16(15-6)10-4-8(11)13-9(14-10)5-17-3/h4H,5H2,1-3H3,(H2,11,13,14). The van der Waals surface area contributed by atoms with Crippen LogP contribution in [0.1, 0.15) is 17.5 Å². The Hall–Kier alpha value is -2.02. The summed E-state index contributed by atoms with van der Waals surface area (Å²) in [6.45, 7) is 3.99. The maximum atomic E-state index is 5.72. The van der Waals surface area contributed by atoms with Crippen molar-refractivity contribution in [3.63, 3.8) is 0 Å². The number of methoxy groups -OCH3 is 1. The van der Waals surface area contributed by atoms with Gasteiger partial charge in [-0.05, 0) is 13.8 Å². The van der Waals surface area contributed by atoms with Gasteiger partial charge in [0.25, 0.3) is 0 Å². The first-order valence-electron chi connectivity index (χ1n) is 5.13. The van der Waals surface area contributed by atoms with E-state index in [1.54, 1.807) is 17.9 Å². The molecule has 7 nitrogen and oxygen atoms in total. The lowest BCUT2D eigenvalue weighted by atomic mass is 10.5. The molecule has 0 unspecified atom stereocenters. The average molecular weight is 234 g/mol. The number of hydrogen-bond donors (Lipinski definition) is 1. The second-order valence-electron chi connectivity index (χ2n) is 3.62. The Balaban J connectivity index is 2.48. The third-order valence-corrected chi connectivity index (χ3v) is 2.14. The molecule has 90 valence electrons. The fourth-order valence-electron chi connectivity index (χ4n) is 1.54. The highest BCUT2D eigenvalue weighted by atomic mass is 16.5. The first kappa shape index (κ1) is 11.5. The van der Waals surface area contributed by atoms with E-state index in [4.69, 9.17) is 10.5 Å². The highest BCUT2D eigenvalue weighted by Gasteiger charge is 2.09. The first-order chi connectivity index (χ1) is 8.10. The van der Waals surface area contributed by atoms with Gasteiger partial charge in [-0.15, -0.1) is 5.10 Å². The van der Waals surface area contributed by atoms with Crippen molar-refractivity contribution in [1.82, 2.24) is 24.7 Å². The van der Waals surface area contributed by atoms with Gasteiger partial charge in [0.05, 0.1) is 0 Å². The van der Waals surface area contributed by atoms with E-state index in [1.807, 2.05) is 13.8 Å². The van der Waals surface area contributed by atoms with Gasteiger partial charge in [0.15, 0.2) is 11.6 Å². The Bertz CT molecular complexity index is 536. The molecule has 2 aromatic heterocycles. The average Bonchev–Trinajstić information content (AvgIpc) is 2.57. The molecule has 17 heavy (non-hydrogen) atoms. The van der Waals surface area contributed by atoms with Crippen molar-refractivity contribution in [3.8, 4) is 5.82 Å². The molecular weight excluding hydrogens is 220 g/mol. The molecule has 0 saturated carbocycles. The largest absolute Gasteiger partial charge is 0.384 e. The van der Waals surface area contributed by atoms with Crippen LogP contribution < -0.4 is 5.73 Å². The number of rotatable bonds is 3. The van der Waals surface area contributed by atoms with E-state index < -0.39 is 0 Å². The number of hydrogen-bond acceptors (Lipinski definition) is 6. The molecule has 2 aromatic rings. The molecule has 0 aromatic carbocycles. The van der Waals surface area contributed by atoms with Crippen molar-refractivity contribution < 1.29 is 4.74 Å². The second-order valence-corrected chi connectivity index (χ2v) is 3.62. The monoisotopic (exact) mass is 234 g/mol. The molecule has 0 saturated heterocycles. The minimum absolute atomic E-state index is 0.310. The van der Waals surface area contributed by atoms with Gasteiger partial charge in [-0.2, -0.15) is 4.68 Å². The van der Waals surface area contributed by atoms with Crippen LogP contribution in [0.3, 0.4) is 0 Å².